The quantitative estimate of drug-likeness (QED) is 0.634. The smallest absolute Gasteiger partial charge is 0.257 e. The zero-order chi connectivity index (χ0) is 19.1. The summed E-state index contributed by atoms with van der Waals surface area (Å²) in [5.41, 5.74) is 1.21. The summed E-state index contributed by atoms with van der Waals surface area (Å²) in [5, 5.41) is 7.25. The SMILES string of the molecule is Cc1cnn(CC2CC2)c1NC(=O)c1cc(S(=O)(=O)N(C)C)ccc1I. The number of hydrogen-bond donors (Lipinski definition) is 1. The molecule has 1 N–H and O–H groups in total. The monoisotopic (exact) mass is 488 g/mol. The number of hydrogen-bond acceptors (Lipinski definition) is 4. The van der Waals surface area contributed by atoms with E-state index in [1.54, 1.807) is 12.3 Å². The van der Waals surface area contributed by atoms with Crippen molar-refractivity contribution in [3.05, 3.63) is 39.1 Å². The summed E-state index contributed by atoms with van der Waals surface area (Å²) in [4.78, 5) is 12.9. The fourth-order valence-corrected chi connectivity index (χ4v) is 4.06. The number of carbonyl (C=O) groups excluding carboxylic acids is 1. The van der Waals surface area contributed by atoms with Gasteiger partial charge in [0.15, 0.2) is 0 Å². The maximum atomic E-state index is 12.8. The number of nitrogens with one attached hydrogen (secondary N) is 1. The summed E-state index contributed by atoms with van der Waals surface area (Å²) < 4.78 is 28.3. The third-order valence-corrected chi connectivity index (χ3v) is 7.10. The van der Waals surface area contributed by atoms with Crippen LogP contribution in [0.3, 0.4) is 0 Å². The van der Waals surface area contributed by atoms with Gasteiger partial charge in [-0.05, 0) is 66.5 Å². The van der Waals surface area contributed by atoms with Gasteiger partial charge in [-0.1, -0.05) is 0 Å². The molecule has 26 heavy (non-hydrogen) atoms. The molecule has 0 bridgehead atoms. The molecule has 1 aliphatic rings. The van der Waals surface area contributed by atoms with Crippen LogP contribution in [0.2, 0.25) is 0 Å². The van der Waals surface area contributed by atoms with E-state index >= 15 is 0 Å². The van der Waals surface area contributed by atoms with Gasteiger partial charge in [-0.3, -0.25) is 4.79 Å². The maximum Gasteiger partial charge on any atom is 0.257 e. The Hall–Kier alpha value is -1.46. The van der Waals surface area contributed by atoms with E-state index in [-0.39, 0.29) is 10.8 Å². The van der Waals surface area contributed by atoms with Crippen molar-refractivity contribution in [3.63, 3.8) is 0 Å². The Balaban J connectivity index is 1.90. The maximum absolute atomic E-state index is 12.8. The van der Waals surface area contributed by atoms with Gasteiger partial charge in [-0.25, -0.2) is 17.4 Å². The Bertz CT molecular complexity index is 949. The van der Waals surface area contributed by atoms with Gasteiger partial charge in [0.2, 0.25) is 10.0 Å². The molecule has 1 aromatic heterocycles. The molecule has 0 spiro atoms. The van der Waals surface area contributed by atoms with Crippen molar-refractivity contribution in [1.29, 1.82) is 0 Å². The second-order valence-corrected chi connectivity index (χ2v) is 10.00. The highest BCUT2D eigenvalue weighted by Gasteiger charge is 2.25. The van der Waals surface area contributed by atoms with E-state index in [0.717, 1.165) is 16.4 Å². The van der Waals surface area contributed by atoms with E-state index in [0.29, 0.717) is 20.9 Å². The molecule has 0 saturated heterocycles. The molecule has 0 atom stereocenters. The van der Waals surface area contributed by atoms with Crippen LogP contribution in [-0.2, 0) is 16.6 Å². The average molecular weight is 488 g/mol. The van der Waals surface area contributed by atoms with Crippen molar-refractivity contribution < 1.29 is 13.2 Å². The number of sulfonamides is 1. The molecule has 9 heteroatoms. The lowest BCUT2D eigenvalue weighted by atomic mass is 10.2. The highest BCUT2D eigenvalue weighted by atomic mass is 127. The number of halogens is 1. The molecule has 1 saturated carbocycles. The molecular formula is C17H21IN4O3S. The summed E-state index contributed by atoms with van der Waals surface area (Å²) >= 11 is 2.03. The molecule has 3 rings (SSSR count). The number of rotatable bonds is 6. The first kappa shape index (κ1) is 19.3. The Morgan fingerprint density at radius 2 is 2.08 bits per heavy atom. The van der Waals surface area contributed by atoms with E-state index < -0.39 is 10.0 Å². The van der Waals surface area contributed by atoms with Crippen LogP contribution in [0.1, 0.15) is 28.8 Å². The molecular weight excluding hydrogens is 467 g/mol. The van der Waals surface area contributed by atoms with Crippen LogP contribution < -0.4 is 5.32 Å². The number of aromatic nitrogens is 2. The van der Waals surface area contributed by atoms with Crippen LogP contribution in [0.15, 0.2) is 29.3 Å². The second-order valence-electron chi connectivity index (χ2n) is 6.68. The standard InChI is InChI=1S/C17H21IN4O3S/c1-11-9-19-22(10-12-4-5-12)16(11)20-17(23)14-8-13(6-7-15(14)18)26(24,25)21(2)3/h6-9,12H,4-5,10H2,1-3H3,(H,20,23). The molecule has 1 fully saturated rings. The zero-order valence-electron chi connectivity index (χ0n) is 14.9. The summed E-state index contributed by atoms with van der Waals surface area (Å²) in [6.07, 6.45) is 4.11. The number of aryl methyl sites for hydroxylation is 1. The number of anilines is 1. The van der Waals surface area contributed by atoms with Gasteiger partial charge in [0.05, 0.1) is 16.7 Å². The van der Waals surface area contributed by atoms with E-state index in [2.05, 4.69) is 10.4 Å². The van der Waals surface area contributed by atoms with Crippen LogP contribution >= 0.6 is 22.6 Å². The van der Waals surface area contributed by atoms with E-state index in [1.165, 1.54) is 39.1 Å². The van der Waals surface area contributed by atoms with E-state index in [1.807, 2.05) is 34.2 Å². The highest BCUT2D eigenvalue weighted by molar-refractivity contribution is 14.1. The summed E-state index contributed by atoms with van der Waals surface area (Å²) in [6.45, 7) is 2.68. The molecule has 140 valence electrons. The summed E-state index contributed by atoms with van der Waals surface area (Å²) in [6, 6.07) is 4.57. The molecule has 0 aliphatic heterocycles. The third kappa shape index (κ3) is 3.94. The highest BCUT2D eigenvalue weighted by Crippen LogP contribution is 2.32. The largest absolute Gasteiger partial charge is 0.307 e. The fourth-order valence-electron chi connectivity index (χ4n) is 2.55. The molecule has 0 unspecified atom stereocenters. The number of amides is 1. The Morgan fingerprint density at radius 1 is 1.38 bits per heavy atom. The molecule has 1 amide bonds. The Kier molecular flexibility index (Phi) is 5.40. The molecule has 1 heterocycles. The van der Waals surface area contributed by atoms with Crippen LogP contribution in [-0.4, -0.2) is 42.5 Å². The van der Waals surface area contributed by atoms with Crippen LogP contribution in [0.4, 0.5) is 5.82 Å². The number of benzene rings is 1. The second kappa shape index (κ2) is 7.28. The van der Waals surface area contributed by atoms with Crippen molar-refractivity contribution in [2.45, 2.75) is 31.2 Å². The lowest BCUT2D eigenvalue weighted by molar-refractivity contribution is 0.102. The van der Waals surface area contributed by atoms with Gasteiger partial charge in [0.25, 0.3) is 5.91 Å². The zero-order valence-corrected chi connectivity index (χ0v) is 17.8. The minimum atomic E-state index is -3.60. The number of nitrogens with zero attached hydrogens (tertiary/aromatic N) is 3. The summed E-state index contributed by atoms with van der Waals surface area (Å²) in [5.74, 6) is 0.947. The van der Waals surface area contributed by atoms with Gasteiger partial charge in [-0.2, -0.15) is 5.10 Å². The minimum Gasteiger partial charge on any atom is -0.307 e. The van der Waals surface area contributed by atoms with Crippen molar-refractivity contribution >= 4 is 44.3 Å². The van der Waals surface area contributed by atoms with Gasteiger partial charge < -0.3 is 5.32 Å². The summed E-state index contributed by atoms with van der Waals surface area (Å²) in [7, 11) is -0.673. The Labute approximate surface area is 167 Å². The number of carbonyl (C=O) groups is 1. The third-order valence-electron chi connectivity index (χ3n) is 4.34. The molecule has 1 aromatic carbocycles. The van der Waals surface area contributed by atoms with Gasteiger partial charge in [0, 0.05) is 29.8 Å². The van der Waals surface area contributed by atoms with Crippen LogP contribution in [0.5, 0.6) is 0 Å². The van der Waals surface area contributed by atoms with Crippen molar-refractivity contribution in [3.8, 4) is 0 Å². The molecule has 7 nitrogen and oxygen atoms in total. The van der Waals surface area contributed by atoms with E-state index in [4.69, 9.17) is 0 Å². The van der Waals surface area contributed by atoms with Crippen molar-refractivity contribution in [2.75, 3.05) is 19.4 Å². The molecule has 0 radical (unpaired) electrons. The first-order chi connectivity index (χ1) is 12.2. The molecule has 2 aromatic rings. The average Bonchev–Trinajstić information content (AvgIpc) is 3.34. The lowest BCUT2D eigenvalue weighted by Gasteiger charge is -2.14. The Morgan fingerprint density at radius 3 is 2.69 bits per heavy atom. The molecule has 1 aliphatic carbocycles. The predicted molar refractivity (Wildman–Crippen MR) is 108 cm³/mol. The minimum absolute atomic E-state index is 0.0938. The predicted octanol–water partition coefficient (Wildman–Crippen LogP) is 2.71. The topological polar surface area (TPSA) is 84.3 Å². The van der Waals surface area contributed by atoms with Gasteiger partial charge >= 0.3 is 0 Å². The van der Waals surface area contributed by atoms with E-state index in [9.17, 15) is 13.2 Å². The lowest BCUT2D eigenvalue weighted by Crippen LogP contribution is -2.23. The fraction of sp³-hybridized carbons (Fsp3) is 0.412. The van der Waals surface area contributed by atoms with Crippen LogP contribution in [0.25, 0.3) is 0 Å². The normalized spacial score (nSPS) is 14.7. The first-order valence-electron chi connectivity index (χ1n) is 8.26. The van der Waals surface area contributed by atoms with Gasteiger partial charge in [0.1, 0.15) is 5.82 Å². The van der Waals surface area contributed by atoms with Crippen molar-refractivity contribution in [1.82, 2.24) is 14.1 Å². The first-order valence-corrected chi connectivity index (χ1v) is 10.8. The van der Waals surface area contributed by atoms with Crippen LogP contribution in [0, 0.1) is 16.4 Å². The van der Waals surface area contributed by atoms with Gasteiger partial charge in [-0.15, -0.1) is 0 Å². The van der Waals surface area contributed by atoms with Crippen molar-refractivity contribution in [2.24, 2.45) is 5.92 Å².